The maximum Gasteiger partial charge on any atom is 0.414 e. The second kappa shape index (κ2) is 23.2. The van der Waals surface area contributed by atoms with Gasteiger partial charge in [0.2, 0.25) is 17.8 Å². The highest BCUT2D eigenvalue weighted by Gasteiger charge is 2.33. The van der Waals surface area contributed by atoms with Gasteiger partial charge in [-0.15, -0.1) is 11.8 Å². The van der Waals surface area contributed by atoms with Crippen molar-refractivity contribution in [3.8, 4) is 0 Å². The summed E-state index contributed by atoms with van der Waals surface area (Å²) in [6.45, 7) is 6.52. The van der Waals surface area contributed by atoms with Gasteiger partial charge in [0.25, 0.3) is 0 Å². The van der Waals surface area contributed by atoms with E-state index in [4.69, 9.17) is 23.7 Å². The maximum atomic E-state index is 12.5. The van der Waals surface area contributed by atoms with E-state index in [2.05, 4.69) is 84.0 Å². The lowest BCUT2D eigenvalue weighted by molar-refractivity contribution is -0.0952. The van der Waals surface area contributed by atoms with Crippen molar-refractivity contribution in [3.05, 3.63) is 126 Å². The number of fused-ring (bicyclic) bond motifs is 3. The molecule has 20 heteroatoms. The molecule has 0 unspecified atom stereocenters. The first-order valence-electron chi connectivity index (χ1n) is 23.5. The highest BCUT2D eigenvalue weighted by atomic mass is 32.2. The molecule has 3 aliphatic rings. The number of amides is 3. The summed E-state index contributed by atoms with van der Waals surface area (Å²) >= 11 is 3.49. The van der Waals surface area contributed by atoms with Gasteiger partial charge in [-0.1, -0.05) is 80.6 Å². The van der Waals surface area contributed by atoms with E-state index in [-0.39, 0.29) is 29.4 Å². The van der Waals surface area contributed by atoms with Crippen LogP contribution in [0, 0.1) is 5.41 Å². The average Bonchev–Trinajstić information content (AvgIpc) is 4.07. The minimum Gasteiger partial charge on any atom is -0.449 e. The molecule has 3 fully saturated rings. The van der Waals surface area contributed by atoms with Crippen LogP contribution in [-0.2, 0) is 23.7 Å². The third kappa shape index (κ3) is 13.3. The third-order valence-corrected chi connectivity index (χ3v) is 13.9. The van der Waals surface area contributed by atoms with Crippen molar-refractivity contribution in [2.75, 3.05) is 54.7 Å². The van der Waals surface area contributed by atoms with E-state index in [1.807, 2.05) is 72.4 Å². The molecule has 3 amide bonds. The number of H-pyrrole nitrogens is 3. The molecule has 1 aliphatic carbocycles. The van der Waals surface area contributed by atoms with Crippen LogP contribution in [0.25, 0.3) is 33.1 Å². The summed E-state index contributed by atoms with van der Waals surface area (Å²) in [6.07, 6.45) is 2.69. The highest BCUT2D eigenvalue weighted by molar-refractivity contribution is 7.99. The van der Waals surface area contributed by atoms with E-state index >= 15 is 0 Å². The van der Waals surface area contributed by atoms with Crippen LogP contribution in [0.4, 0.5) is 32.2 Å². The summed E-state index contributed by atoms with van der Waals surface area (Å²) in [4.78, 5) is 73.5. The van der Waals surface area contributed by atoms with Crippen molar-refractivity contribution in [2.45, 2.75) is 66.4 Å². The number of hydrogen-bond acceptors (Lipinski definition) is 14. The Labute approximate surface area is 422 Å². The van der Waals surface area contributed by atoms with Crippen LogP contribution in [0.2, 0.25) is 0 Å². The number of ether oxygens (including phenoxy) is 5. The van der Waals surface area contributed by atoms with Gasteiger partial charge in [-0.25, -0.2) is 29.3 Å². The summed E-state index contributed by atoms with van der Waals surface area (Å²) in [6, 6.07) is 36.4. The Balaban J connectivity index is 0.000000133. The number of aromatic amines is 3. The standard InChI is InChI=1S/C18H15N3O4.C17H15N3O3S.C17H23N3O2S/c22-16(11-4-2-1-3-5-11)12-6-7-14-15(8-12)20-17(19-14)21-18(23)25-13-9-24-10-13;21-17(23-11-9-22-10-11)20-16-18-14-7-6-13(8-15(14)19-16)24-12-4-2-1-3-5-12;1-3-9-23-12-5-6-13-14(10-12)19-15(18-13)20-16(21)22-11-17(2)7-4-8-17/h1-8,13H,9-10H2,(H2,19,20,21,23);1-8,11H,9-10H2,(H2,18,19,20,21);5-6,10H,3-4,7-9,11H2,1-2H3,(H2,18,19,20,21). The van der Waals surface area contributed by atoms with Gasteiger partial charge in [0, 0.05) is 31.2 Å². The van der Waals surface area contributed by atoms with Crippen molar-refractivity contribution >= 4 is 98.5 Å². The van der Waals surface area contributed by atoms with Gasteiger partial charge in [0.1, 0.15) is 0 Å². The van der Waals surface area contributed by atoms with Crippen molar-refractivity contribution in [2.24, 2.45) is 5.41 Å². The molecule has 1 saturated carbocycles. The fourth-order valence-electron chi connectivity index (χ4n) is 7.48. The predicted molar refractivity (Wildman–Crippen MR) is 276 cm³/mol. The summed E-state index contributed by atoms with van der Waals surface area (Å²) in [5.74, 6) is 2.09. The molecule has 5 heterocycles. The van der Waals surface area contributed by atoms with Gasteiger partial charge in [-0.2, -0.15) is 0 Å². The molecule has 72 heavy (non-hydrogen) atoms. The molecule has 0 spiro atoms. The summed E-state index contributed by atoms with van der Waals surface area (Å²) in [7, 11) is 0. The minimum atomic E-state index is -0.590. The minimum absolute atomic E-state index is 0.0731. The Bertz CT molecular complexity index is 3150. The smallest absolute Gasteiger partial charge is 0.414 e. The average molecular weight is 1010 g/mol. The van der Waals surface area contributed by atoms with E-state index < -0.39 is 18.3 Å². The number of ketones is 1. The summed E-state index contributed by atoms with van der Waals surface area (Å²) < 4.78 is 25.5. The largest absolute Gasteiger partial charge is 0.449 e. The number of imidazole rings is 3. The normalized spacial score (nSPS) is 14.8. The van der Waals surface area contributed by atoms with Gasteiger partial charge >= 0.3 is 18.3 Å². The fraction of sp³-hybridized carbons (Fsp3) is 0.288. The molecule has 0 radical (unpaired) electrons. The van der Waals surface area contributed by atoms with E-state index in [9.17, 15) is 19.2 Å². The molecule has 5 aromatic carbocycles. The number of nitrogens with zero attached hydrogens (tertiary/aromatic N) is 3. The molecule has 18 nitrogen and oxygen atoms in total. The van der Waals surface area contributed by atoms with Crippen LogP contribution >= 0.6 is 23.5 Å². The molecule has 3 aromatic heterocycles. The second-order valence-electron chi connectivity index (χ2n) is 17.5. The van der Waals surface area contributed by atoms with Crippen molar-refractivity contribution in [1.82, 2.24) is 29.9 Å². The summed E-state index contributed by atoms with van der Waals surface area (Å²) in [5.41, 5.74) is 6.04. The maximum absolute atomic E-state index is 12.5. The number of nitrogens with one attached hydrogen (secondary N) is 6. The molecule has 2 saturated heterocycles. The Morgan fingerprint density at radius 2 is 1.11 bits per heavy atom. The zero-order chi connectivity index (χ0) is 49.9. The van der Waals surface area contributed by atoms with Crippen LogP contribution in [0.15, 0.2) is 130 Å². The van der Waals surface area contributed by atoms with Gasteiger partial charge < -0.3 is 38.6 Å². The first-order valence-corrected chi connectivity index (χ1v) is 25.3. The number of hydrogen-bond donors (Lipinski definition) is 6. The lowest BCUT2D eigenvalue weighted by Gasteiger charge is -2.37. The molecule has 8 aromatic rings. The molecular formula is C52H53N9O9S2. The van der Waals surface area contributed by atoms with E-state index in [0.29, 0.717) is 67.1 Å². The number of rotatable bonds is 14. The highest BCUT2D eigenvalue weighted by Crippen LogP contribution is 2.40. The van der Waals surface area contributed by atoms with Gasteiger partial charge in [-0.3, -0.25) is 20.7 Å². The number of thioether (sulfide) groups is 1. The number of benzene rings is 5. The van der Waals surface area contributed by atoms with Crippen LogP contribution < -0.4 is 16.0 Å². The Morgan fingerprint density at radius 3 is 1.62 bits per heavy atom. The number of carbonyl (C=O) groups is 4. The Morgan fingerprint density at radius 1 is 0.611 bits per heavy atom. The first kappa shape index (κ1) is 49.6. The van der Waals surface area contributed by atoms with E-state index in [1.165, 1.54) is 16.2 Å². The molecular weight excluding hydrogens is 959 g/mol. The Kier molecular flexibility index (Phi) is 16.0. The number of aromatic nitrogens is 6. The van der Waals surface area contributed by atoms with Crippen molar-refractivity contribution in [1.29, 1.82) is 0 Å². The van der Waals surface area contributed by atoms with Gasteiger partial charge in [0.05, 0.1) is 66.1 Å². The molecule has 6 N–H and O–H groups in total. The molecule has 11 rings (SSSR count). The quantitative estimate of drug-likeness (QED) is 0.0338. The van der Waals surface area contributed by atoms with Crippen LogP contribution in [0.3, 0.4) is 0 Å². The second-order valence-corrected chi connectivity index (χ2v) is 19.9. The number of carbonyl (C=O) groups excluding carboxylic acids is 4. The van der Waals surface area contributed by atoms with E-state index in [0.717, 1.165) is 52.0 Å². The third-order valence-electron chi connectivity index (χ3n) is 11.7. The fourth-order valence-corrected chi connectivity index (χ4v) is 9.16. The van der Waals surface area contributed by atoms with Gasteiger partial charge in [0.15, 0.2) is 18.0 Å². The SMILES string of the molecule is CCCSc1ccc2nc(NC(=O)OCC3(C)CCC3)[nH]c2c1.O=C(Nc1nc2ccc(C(=O)c3ccccc3)cc2[nH]1)OC1COC1.O=C(Nc1nc2ccc(Sc3ccccc3)cc2[nH]1)OC1COC1. The lowest BCUT2D eigenvalue weighted by Crippen LogP contribution is -2.39. The van der Waals surface area contributed by atoms with E-state index in [1.54, 1.807) is 42.1 Å². The molecule has 0 atom stereocenters. The Hall–Kier alpha value is -7.39. The van der Waals surface area contributed by atoms with Crippen LogP contribution in [0.1, 0.15) is 55.5 Å². The molecule has 2 aliphatic heterocycles. The number of anilines is 3. The van der Waals surface area contributed by atoms with Crippen LogP contribution in [-0.4, -0.2) is 105 Å². The zero-order valence-corrected chi connectivity index (χ0v) is 41.2. The zero-order valence-electron chi connectivity index (χ0n) is 39.5. The van der Waals surface area contributed by atoms with Gasteiger partial charge in [-0.05, 0) is 91.7 Å². The molecule has 0 bridgehead atoms. The monoisotopic (exact) mass is 1010 g/mol. The predicted octanol–water partition coefficient (Wildman–Crippen LogP) is 11.2. The lowest BCUT2D eigenvalue weighted by atomic mass is 9.71. The molecule has 372 valence electrons. The van der Waals surface area contributed by atoms with Crippen molar-refractivity contribution < 1.29 is 42.9 Å². The van der Waals surface area contributed by atoms with Crippen LogP contribution in [0.5, 0.6) is 0 Å². The first-order chi connectivity index (χ1) is 35.0. The summed E-state index contributed by atoms with van der Waals surface area (Å²) in [5, 5.41) is 7.83. The van der Waals surface area contributed by atoms with Crippen molar-refractivity contribution in [3.63, 3.8) is 0 Å². The topological polar surface area (TPSA) is 237 Å².